The smallest absolute Gasteiger partial charge is 0.428 e. The van der Waals surface area contributed by atoms with E-state index in [-0.39, 0.29) is 11.8 Å². The zero-order valence-electron chi connectivity index (χ0n) is 9.51. The van der Waals surface area contributed by atoms with E-state index in [1.165, 1.54) is 12.1 Å². The molecule has 0 radical (unpaired) electrons. The maximum absolute atomic E-state index is 12.9. The van der Waals surface area contributed by atoms with Crippen molar-refractivity contribution in [2.45, 2.75) is 31.4 Å². The molecule has 1 aliphatic heterocycles. The molecular formula is C12H13F4NO. The van der Waals surface area contributed by atoms with E-state index in [2.05, 4.69) is 10.1 Å². The summed E-state index contributed by atoms with van der Waals surface area (Å²) in [6, 6.07) is 5.93. The molecule has 0 aliphatic carbocycles. The minimum Gasteiger partial charge on any atom is -0.428 e. The monoisotopic (exact) mass is 263 g/mol. The van der Waals surface area contributed by atoms with Gasteiger partial charge in [0.2, 0.25) is 0 Å². The van der Waals surface area contributed by atoms with E-state index in [0.29, 0.717) is 5.56 Å². The van der Waals surface area contributed by atoms with Gasteiger partial charge >= 0.3 is 12.5 Å². The van der Waals surface area contributed by atoms with Crippen LogP contribution in [0.3, 0.4) is 0 Å². The van der Waals surface area contributed by atoms with Crippen LogP contribution in [-0.4, -0.2) is 19.1 Å². The molecule has 0 aromatic heterocycles. The Morgan fingerprint density at radius 2 is 2.00 bits per heavy atom. The van der Waals surface area contributed by atoms with Crippen molar-refractivity contribution in [1.29, 1.82) is 0 Å². The van der Waals surface area contributed by atoms with Gasteiger partial charge in [0.25, 0.3) is 0 Å². The molecule has 2 rings (SSSR count). The summed E-state index contributed by atoms with van der Waals surface area (Å²) >= 11 is 0. The van der Waals surface area contributed by atoms with Gasteiger partial charge in [0, 0.05) is 11.6 Å². The first-order valence-corrected chi connectivity index (χ1v) is 5.68. The highest BCUT2D eigenvalue weighted by molar-refractivity contribution is 5.36. The fraction of sp³-hybridized carbons (Fsp3) is 0.500. The lowest BCUT2D eigenvalue weighted by molar-refractivity contribution is -0.253. The lowest BCUT2D eigenvalue weighted by Crippen LogP contribution is -2.34. The van der Waals surface area contributed by atoms with E-state index in [4.69, 9.17) is 0 Å². The van der Waals surface area contributed by atoms with Gasteiger partial charge in [0.15, 0.2) is 0 Å². The zero-order valence-corrected chi connectivity index (χ0v) is 9.51. The van der Waals surface area contributed by atoms with E-state index in [1.807, 2.05) is 0 Å². The van der Waals surface area contributed by atoms with Gasteiger partial charge < -0.3 is 10.1 Å². The van der Waals surface area contributed by atoms with Crippen LogP contribution in [0.2, 0.25) is 0 Å². The molecule has 18 heavy (non-hydrogen) atoms. The summed E-state index contributed by atoms with van der Waals surface area (Å²) in [6.07, 6.45) is -6.61. The first-order chi connectivity index (χ1) is 8.50. The summed E-state index contributed by atoms with van der Waals surface area (Å²) in [7, 11) is 0. The van der Waals surface area contributed by atoms with Crippen LogP contribution in [0, 0.1) is 0 Å². The fourth-order valence-corrected chi connectivity index (χ4v) is 2.00. The van der Waals surface area contributed by atoms with Gasteiger partial charge in [0.05, 0.1) is 0 Å². The number of hydrogen-bond donors (Lipinski definition) is 1. The Labute approximate surface area is 102 Å². The summed E-state index contributed by atoms with van der Waals surface area (Å²) in [5.41, 5.74) is 0.496. The van der Waals surface area contributed by atoms with Crippen molar-refractivity contribution in [2.24, 2.45) is 0 Å². The molecule has 1 atom stereocenters. The first kappa shape index (κ1) is 13.1. The number of halogens is 4. The third kappa shape index (κ3) is 2.75. The quantitative estimate of drug-likeness (QED) is 0.841. The van der Waals surface area contributed by atoms with Crippen molar-refractivity contribution in [1.82, 2.24) is 5.32 Å². The summed E-state index contributed by atoms with van der Waals surface area (Å²) in [6.45, 7) is 0.782. The van der Waals surface area contributed by atoms with Crippen LogP contribution >= 0.6 is 0 Å². The molecular weight excluding hydrogens is 250 g/mol. The lowest BCUT2D eigenvalue weighted by atomic mass is 10.0. The van der Waals surface area contributed by atoms with Gasteiger partial charge in [-0.05, 0) is 25.5 Å². The van der Waals surface area contributed by atoms with Crippen molar-refractivity contribution in [3.63, 3.8) is 0 Å². The number of hydrogen-bond acceptors (Lipinski definition) is 2. The molecule has 1 saturated heterocycles. The molecule has 0 spiro atoms. The maximum atomic E-state index is 12.9. The normalized spacial score (nSPS) is 20.4. The molecule has 1 aromatic rings. The molecule has 2 nitrogen and oxygen atoms in total. The molecule has 1 aromatic carbocycles. The van der Waals surface area contributed by atoms with Crippen LogP contribution in [0.1, 0.15) is 24.4 Å². The van der Waals surface area contributed by atoms with E-state index >= 15 is 0 Å². The van der Waals surface area contributed by atoms with E-state index in [9.17, 15) is 17.6 Å². The Morgan fingerprint density at radius 3 is 2.61 bits per heavy atom. The Bertz CT molecular complexity index is 405. The third-order valence-electron chi connectivity index (χ3n) is 2.85. The molecule has 0 saturated carbocycles. The average molecular weight is 263 g/mol. The third-order valence-corrected chi connectivity index (χ3v) is 2.85. The van der Waals surface area contributed by atoms with E-state index in [1.54, 1.807) is 12.1 Å². The molecule has 1 heterocycles. The molecule has 100 valence electrons. The number of para-hydroxylation sites is 1. The summed E-state index contributed by atoms with van der Waals surface area (Å²) in [4.78, 5) is 0. The lowest BCUT2D eigenvalue weighted by Gasteiger charge is -2.21. The van der Waals surface area contributed by atoms with Crippen molar-refractivity contribution < 1.29 is 22.3 Å². The maximum Gasteiger partial charge on any atom is 0.461 e. The van der Waals surface area contributed by atoms with Crippen molar-refractivity contribution in [2.75, 3.05) is 6.54 Å². The second-order valence-electron chi connectivity index (χ2n) is 4.15. The van der Waals surface area contributed by atoms with Gasteiger partial charge in [0.1, 0.15) is 5.75 Å². The molecule has 1 N–H and O–H groups in total. The number of alkyl halides is 4. The second kappa shape index (κ2) is 5.14. The number of ether oxygens (including phenoxy) is 1. The Kier molecular flexibility index (Phi) is 3.75. The van der Waals surface area contributed by atoms with E-state index in [0.717, 1.165) is 19.4 Å². The Hall–Kier alpha value is -1.30. The van der Waals surface area contributed by atoms with Crippen LogP contribution in [0.4, 0.5) is 17.6 Å². The van der Waals surface area contributed by atoms with Gasteiger partial charge in [-0.1, -0.05) is 18.2 Å². The molecule has 6 heteroatoms. The Balaban J connectivity index is 2.22. The number of rotatable bonds is 4. The Morgan fingerprint density at radius 1 is 1.28 bits per heavy atom. The highest BCUT2D eigenvalue weighted by Crippen LogP contribution is 2.35. The van der Waals surface area contributed by atoms with Crippen LogP contribution in [0.5, 0.6) is 5.75 Å². The summed E-state index contributed by atoms with van der Waals surface area (Å²) < 4.78 is 54.2. The standard InChI is InChI=1S/C12H13F4NO/c13-11(14)12(15,16)18-10-6-2-1-4-8(10)9-5-3-7-17-9/h1-2,4,6,9,11,17H,3,5,7H2/t9-/m1/s1. The van der Waals surface area contributed by atoms with Gasteiger partial charge in [-0.15, -0.1) is 0 Å². The van der Waals surface area contributed by atoms with Crippen LogP contribution in [-0.2, 0) is 0 Å². The van der Waals surface area contributed by atoms with Crippen molar-refractivity contribution in [3.8, 4) is 5.75 Å². The molecule has 0 bridgehead atoms. The number of benzene rings is 1. The summed E-state index contributed by atoms with van der Waals surface area (Å²) in [5.74, 6) is -0.192. The zero-order chi connectivity index (χ0) is 13.2. The van der Waals surface area contributed by atoms with Crippen LogP contribution in [0.25, 0.3) is 0 Å². The predicted molar refractivity (Wildman–Crippen MR) is 58.0 cm³/mol. The van der Waals surface area contributed by atoms with Crippen LogP contribution < -0.4 is 10.1 Å². The number of nitrogens with one attached hydrogen (secondary N) is 1. The highest BCUT2D eigenvalue weighted by atomic mass is 19.3. The van der Waals surface area contributed by atoms with Crippen LogP contribution in [0.15, 0.2) is 24.3 Å². The van der Waals surface area contributed by atoms with Crippen molar-refractivity contribution >= 4 is 0 Å². The van der Waals surface area contributed by atoms with Crippen molar-refractivity contribution in [3.05, 3.63) is 29.8 Å². The van der Waals surface area contributed by atoms with E-state index < -0.39 is 12.5 Å². The largest absolute Gasteiger partial charge is 0.461 e. The molecule has 0 amide bonds. The van der Waals surface area contributed by atoms with Gasteiger partial charge in [-0.3, -0.25) is 0 Å². The average Bonchev–Trinajstić information content (AvgIpc) is 2.82. The molecule has 0 unspecified atom stereocenters. The minimum atomic E-state index is -4.46. The fourth-order valence-electron chi connectivity index (χ4n) is 2.00. The van der Waals surface area contributed by atoms with Gasteiger partial charge in [-0.2, -0.15) is 17.6 Å². The summed E-state index contributed by atoms with van der Waals surface area (Å²) in [5, 5.41) is 3.12. The highest BCUT2D eigenvalue weighted by Gasteiger charge is 2.44. The minimum absolute atomic E-state index is 0.116. The molecule has 1 aliphatic rings. The van der Waals surface area contributed by atoms with Gasteiger partial charge in [-0.25, -0.2) is 0 Å². The molecule has 1 fully saturated rings. The topological polar surface area (TPSA) is 21.3 Å². The predicted octanol–water partition coefficient (Wildman–Crippen LogP) is 3.35. The first-order valence-electron chi connectivity index (χ1n) is 5.68. The second-order valence-corrected chi connectivity index (χ2v) is 4.15. The SMILES string of the molecule is FC(F)C(F)(F)Oc1ccccc1[C@H]1CCCN1.